The molecule has 2 aliphatic heterocycles. The summed E-state index contributed by atoms with van der Waals surface area (Å²) in [6, 6.07) is 11.1. The number of nitrogens with zero attached hydrogens (tertiary/aromatic N) is 5. The number of aliphatic hydroxyl groups excluding tert-OH is 1. The molecule has 0 radical (unpaired) electrons. The molecule has 1 atom stereocenters. The van der Waals surface area contributed by atoms with Crippen LogP contribution in [0.3, 0.4) is 0 Å². The number of nitrogens with one attached hydrogen (secondary N) is 1. The number of benzene rings is 2. The zero-order valence-electron chi connectivity index (χ0n) is 19.1. The highest BCUT2D eigenvalue weighted by atomic mass is 19.1. The van der Waals surface area contributed by atoms with Crippen molar-refractivity contribution in [3.63, 3.8) is 0 Å². The van der Waals surface area contributed by atoms with Crippen LogP contribution in [0.15, 0.2) is 42.7 Å². The lowest BCUT2D eigenvalue weighted by Gasteiger charge is -2.31. The third-order valence-electron chi connectivity index (χ3n) is 6.85. The highest BCUT2D eigenvalue weighted by Crippen LogP contribution is 2.33. The summed E-state index contributed by atoms with van der Waals surface area (Å²) in [6.07, 6.45) is 4.21. The number of rotatable bonds is 4. The normalized spacial score (nSPS) is 17.0. The Morgan fingerprint density at radius 3 is 3.03 bits per heavy atom. The SMILES string of the molecule is CN1CCc2cc(-c3cnc(NCc4c(F)ccc5c4CCO5)n4cc(C#N)nc34)ccc2C1O. The summed E-state index contributed by atoms with van der Waals surface area (Å²) in [5, 5.41) is 23.2. The molecule has 0 aliphatic carbocycles. The van der Waals surface area contributed by atoms with E-state index in [0.29, 0.717) is 30.2 Å². The molecule has 176 valence electrons. The first-order chi connectivity index (χ1) is 17.0. The Labute approximate surface area is 201 Å². The van der Waals surface area contributed by atoms with E-state index in [1.807, 2.05) is 24.1 Å². The Morgan fingerprint density at radius 2 is 2.17 bits per heavy atom. The quantitative estimate of drug-likeness (QED) is 0.472. The summed E-state index contributed by atoms with van der Waals surface area (Å²) in [6.45, 7) is 1.54. The minimum Gasteiger partial charge on any atom is -0.493 e. The largest absolute Gasteiger partial charge is 0.493 e. The molecular weight excluding hydrogens is 447 g/mol. The fourth-order valence-electron chi connectivity index (χ4n) is 4.94. The monoisotopic (exact) mass is 470 g/mol. The van der Waals surface area contributed by atoms with Crippen LogP contribution in [-0.2, 0) is 19.4 Å². The van der Waals surface area contributed by atoms with Crippen molar-refractivity contribution in [2.24, 2.45) is 0 Å². The fraction of sp³-hybridized carbons (Fsp3) is 0.269. The number of hydrogen-bond acceptors (Lipinski definition) is 7. The number of aliphatic hydroxyl groups is 1. The molecule has 9 heteroatoms. The molecule has 2 aliphatic rings. The van der Waals surface area contributed by atoms with Crippen LogP contribution in [0.5, 0.6) is 5.75 Å². The number of fused-ring (bicyclic) bond motifs is 3. The molecule has 0 saturated carbocycles. The van der Waals surface area contributed by atoms with Crippen molar-refractivity contribution in [2.45, 2.75) is 25.6 Å². The molecule has 4 heterocycles. The van der Waals surface area contributed by atoms with Gasteiger partial charge in [-0.25, -0.2) is 14.4 Å². The Morgan fingerprint density at radius 1 is 1.29 bits per heavy atom. The smallest absolute Gasteiger partial charge is 0.208 e. The number of ether oxygens (including phenoxy) is 1. The van der Waals surface area contributed by atoms with E-state index in [9.17, 15) is 14.8 Å². The highest BCUT2D eigenvalue weighted by Gasteiger charge is 2.24. The van der Waals surface area contributed by atoms with Gasteiger partial charge in [0.1, 0.15) is 23.9 Å². The first kappa shape index (κ1) is 21.5. The van der Waals surface area contributed by atoms with Crippen LogP contribution in [0.25, 0.3) is 16.8 Å². The van der Waals surface area contributed by atoms with Gasteiger partial charge in [0.05, 0.1) is 12.8 Å². The van der Waals surface area contributed by atoms with Crippen LogP contribution >= 0.6 is 0 Å². The van der Waals surface area contributed by atoms with E-state index in [2.05, 4.69) is 27.4 Å². The van der Waals surface area contributed by atoms with E-state index in [4.69, 9.17) is 4.74 Å². The molecule has 0 saturated heterocycles. The van der Waals surface area contributed by atoms with Crippen LogP contribution in [0, 0.1) is 17.1 Å². The van der Waals surface area contributed by atoms with Crippen LogP contribution < -0.4 is 10.1 Å². The number of hydrogen-bond donors (Lipinski definition) is 2. The van der Waals surface area contributed by atoms with E-state index in [0.717, 1.165) is 46.5 Å². The van der Waals surface area contributed by atoms with Crippen molar-refractivity contribution in [1.82, 2.24) is 19.3 Å². The number of aromatic nitrogens is 3. The Bertz CT molecular complexity index is 1510. The number of nitriles is 1. The Balaban J connectivity index is 1.38. The first-order valence-corrected chi connectivity index (χ1v) is 11.5. The summed E-state index contributed by atoms with van der Waals surface area (Å²) in [4.78, 5) is 11.0. The van der Waals surface area contributed by atoms with Gasteiger partial charge in [-0.3, -0.25) is 9.30 Å². The van der Waals surface area contributed by atoms with Gasteiger partial charge in [0.25, 0.3) is 0 Å². The molecule has 35 heavy (non-hydrogen) atoms. The molecule has 2 aromatic carbocycles. The van der Waals surface area contributed by atoms with E-state index < -0.39 is 6.23 Å². The van der Waals surface area contributed by atoms with Gasteiger partial charge in [-0.15, -0.1) is 0 Å². The number of imidazole rings is 1. The molecule has 0 spiro atoms. The van der Waals surface area contributed by atoms with Gasteiger partial charge in [-0.1, -0.05) is 18.2 Å². The topological polar surface area (TPSA) is 98.7 Å². The standard InChI is InChI=1S/C26H23FN6O2/c1-32-8-6-16-10-15(2-3-18(16)25(32)34)20-12-29-26(33-14-17(11-28)31-24(20)33)30-13-21-19-7-9-35-23(19)5-4-22(21)27/h2-5,10,12,14,25,34H,6-9,13H2,1H3,(H,29,30). The maximum absolute atomic E-state index is 14.6. The molecule has 0 bridgehead atoms. The van der Waals surface area contributed by atoms with Gasteiger partial charge < -0.3 is 15.2 Å². The van der Waals surface area contributed by atoms with Gasteiger partial charge in [-0.05, 0) is 42.3 Å². The number of anilines is 1. The Hall–Kier alpha value is -4.00. The molecule has 6 rings (SSSR count). The highest BCUT2D eigenvalue weighted by molar-refractivity contribution is 5.79. The second-order valence-corrected chi connectivity index (χ2v) is 8.90. The fourth-order valence-corrected chi connectivity index (χ4v) is 4.94. The summed E-state index contributed by atoms with van der Waals surface area (Å²) >= 11 is 0. The molecule has 2 aromatic heterocycles. The van der Waals surface area contributed by atoms with Crippen molar-refractivity contribution >= 4 is 11.6 Å². The predicted molar refractivity (Wildman–Crippen MR) is 127 cm³/mol. The predicted octanol–water partition coefficient (Wildman–Crippen LogP) is 3.43. The van der Waals surface area contributed by atoms with Gasteiger partial charge in [0.2, 0.25) is 5.95 Å². The van der Waals surface area contributed by atoms with Crippen molar-refractivity contribution in [3.05, 3.63) is 76.5 Å². The first-order valence-electron chi connectivity index (χ1n) is 11.5. The molecule has 2 N–H and O–H groups in total. The lowest BCUT2D eigenvalue weighted by molar-refractivity contribution is 0.0128. The van der Waals surface area contributed by atoms with E-state index >= 15 is 0 Å². The third kappa shape index (κ3) is 3.58. The van der Waals surface area contributed by atoms with Crippen LogP contribution in [0.2, 0.25) is 0 Å². The number of halogens is 1. The molecule has 4 aromatic rings. The minimum absolute atomic E-state index is 0.226. The van der Waals surface area contributed by atoms with Crippen LogP contribution in [0.4, 0.5) is 10.3 Å². The zero-order valence-corrected chi connectivity index (χ0v) is 19.1. The Kier molecular flexibility index (Phi) is 5.13. The second-order valence-electron chi connectivity index (χ2n) is 8.90. The summed E-state index contributed by atoms with van der Waals surface area (Å²) in [5.74, 6) is 0.887. The number of likely N-dealkylation sites (N-methyl/N-ethyl adjacent to an activating group) is 1. The van der Waals surface area contributed by atoms with E-state index in [1.54, 1.807) is 22.9 Å². The van der Waals surface area contributed by atoms with Gasteiger partial charge in [-0.2, -0.15) is 5.26 Å². The van der Waals surface area contributed by atoms with Crippen molar-refractivity contribution in [1.29, 1.82) is 5.26 Å². The summed E-state index contributed by atoms with van der Waals surface area (Å²) in [7, 11) is 1.90. The van der Waals surface area contributed by atoms with Crippen molar-refractivity contribution in [2.75, 3.05) is 25.5 Å². The van der Waals surface area contributed by atoms with Crippen molar-refractivity contribution < 1.29 is 14.2 Å². The van der Waals surface area contributed by atoms with Gasteiger partial charge >= 0.3 is 0 Å². The van der Waals surface area contributed by atoms with Crippen LogP contribution in [-0.4, -0.2) is 44.6 Å². The second kappa shape index (κ2) is 8.34. The summed E-state index contributed by atoms with van der Waals surface area (Å²) < 4.78 is 21.9. The molecule has 1 unspecified atom stereocenters. The lowest BCUT2D eigenvalue weighted by Crippen LogP contribution is -2.31. The van der Waals surface area contributed by atoms with Gasteiger partial charge in [0.15, 0.2) is 11.3 Å². The average molecular weight is 471 g/mol. The average Bonchev–Trinajstić information content (AvgIpc) is 3.53. The lowest BCUT2D eigenvalue weighted by atomic mass is 9.94. The van der Waals surface area contributed by atoms with E-state index in [1.165, 1.54) is 6.07 Å². The van der Waals surface area contributed by atoms with E-state index in [-0.39, 0.29) is 18.1 Å². The van der Waals surface area contributed by atoms with Crippen LogP contribution in [0.1, 0.15) is 34.2 Å². The maximum Gasteiger partial charge on any atom is 0.208 e. The minimum atomic E-state index is -0.626. The molecule has 0 fully saturated rings. The van der Waals surface area contributed by atoms with Gasteiger partial charge in [0, 0.05) is 42.4 Å². The van der Waals surface area contributed by atoms with Crippen molar-refractivity contribution in [3.8, 4) is 22.9 Å². The maximum atomic E-state index is 14.6. The molecule has 8 nitrogen and oxygen atoms in total. The summed E-state index contributed by atoms with van der Waals surface area (Å²) in [5.41, 5.74) is 5.92. The molecular formula is C26H23FN6O2. The third-order valence-corrected chi connectivity index (χ3v) is 6.85. The molecule has 0 amide bonds. The zero-order chi connectivity index (χ0) is 24.1.